The first-order chi connectivity index (χ1) is 9.68. The molecule has 1 aromatic carbocycles. The number of benzene rings is 1. The molecule has 2 aromatic rings. The molecule has 0 bridgehead atoms. The van der Waals surface area contributed by atoms with Crippen LogP contribution in [-0.4, -0.2) is 28.1 Å². The maximum Gasteiger partial charge on any atom is 0.467 e. The van der Waals surface area contributed by atoms with E-state index >= 15 is 0 Å². The fourth-order valence-electron chi connectivity index (χ4n) is 2.93. The van der Waals surface area contributed by atoms with Crippen molar-refractivity contribution in [1.29, 1.82) is 0 Å². The standard InChI is InChI=1S/C13H10F6N2/c14-12(15,16)21(13(17,18)19)10-6-9-3-1-2-8-4-5-20(7-10)11(8)9/h1-5,10H,6-7H2. The molecule has 0 spiro atoms. The maximum atomic E-state index is 12.8. The summed E-state index contributed by atoms with van der Waals surface area (Å²) in [6, 6.07) is 4.97. The molecule has 1 atom stereocenters. The summed E-state index contributed by atoms with van der Waals surface area (Å²) in [5.74, 6) is 0. The normalized spacial score (nSPS) is 19.5. The van der Waals surface area contributed by atoms with Gasteiger partial charge in [0.15, 0.2) is 0 Å². The Labute approximate surface area is 115 Å². The van der Waals surface area contributed by atoms with Crippen molar-refractivity contribution >= 4 is 10.9 Å². The van der Waals surface area contributed by atoms with Crippen LogP contribution in [0.1, 0.15) is 5.56 Å². The van der Waals surface area contributed by atoms with Gasteiger partial charge in [-0.3, -0.25) is 0 Å². The second-order valence-electron chi connectivity index (χ2n) is 4.99. The Morgan fingerprint density at radius 3 is 2.29 bits per heavy atom. The number of aromatic nitrogens is 1. The zero-order valence-electron chi connectivity index (χ0n) is 10.5. The van der Waals surface area contributed by atoms with Crippen LogP contribution in [0.5, 0.6) is 0 Å². The molecule has 0 amide bonds. The lowest BCUT2D eigenvalue weighted by Crippen LogP contribution is -2.56. The van der Waals surface area contributed by atoms with Gasteiger partial charge in [-0.1, -0.05) is 18.2 Å². The number of nitrogens with zero attached hydrogens (tertiary/aromatic N) is 2. The highest BCUT2D eigenvalue weighted by Crippen LogP contribution is 2.39. The molecule has 0 saturated carbocycles. The van der Waals surface area contributed by atoms with E-state index in [0.717, 1.165) is 5.39 Å². The van der Waals surface area contributed by atoms with E-state index < -0.39 is 23.5 Å². The minimum absolute atomic E-state index is 0.291. The maximum absolute atomic E-state index is 12.8. The number of hydrogen-bond acceptors (Lipinski definition) is 1. The Kier molecular flexibility index (Phi) is 2.98. The molecule has 0 N–H and O–H groups in total. The molecule has 0 radical (unpaired) electrons. The van der Waals surface area contributed by atoms with Gasteiger partial charge < -0.3 is 4.57 Å². The van der Waals surface area contributed by atoms with Gasteiger partial charge in [-0.05, 0) is 23.4 Å². The smallest absolute Gasteiger partial charge is 0.346 e. The van der Waals surface area contributed by atoms with Crippen molar-refractivity contribution in [3.8, 4) is 0 Å². The summed E-state index contributed by atoms with van der Waals surface area (Å²) in [6.45, 7) is -0.348. The van der Waals surface area contributed by atoms with Crippen molar-refractivity contribution in [3.05, 3.63) is 36.0 Å². The number of hydrogen-bond donors (Lipinski definition) is 0. The van der Waals surface area contributed by atoms with Crippen LogP contribution >= 0.6 is 0 Å². The zero-order chi connectivity index (χ0) is 15.4. The fourth-order valence-corrected chi connectivity index (χ4v) is 2.93. The first kappa shape index (κ1) is 14.2. The van der Waals surface area contributed by atoms with Gasteiger partial charge in [0.2, 0.25) is 0 Å². The first-order valence-corrected chi connectivity index (χ1v) is 6.17. The van der Waals surface area contributed by atoms with Crippen LogP contribution in [0.4, 0.5) is 26.3 Å². The quantitative estimate of drug-likeness (QED) is 0.573. The average Bonchev–Trinajstić information content (AvgIpc) is 2.70. The van der Waals surface area contributed by atoms with E-state index in [1.165, 1.54) is 10.8 Å². The molecule has 2 heterocycles. The van der Waals surface area contributed by atoms with Crippen molar-refractivity contribution < 1.29 is 26.3 Å². The Morgan fingerprint density at radius 1 is 1.00 bits per heavy atom. The summed E-state index contributed by atoms with van der Waals surface area (Å²) in [6.07, 6.45) is -9.69. The van der Waals surface area contributed by atoms with E-state index in [4.69, 9.17) is 0 Å². The number of para-hydroxylation sites is 1. The van der Waals surface area contributed by atoms with Crippen molar-refractivity contribution in [2.45, 2.75) is 31.6 Å². The second-order valence-corrected chi connectivity index (χ2v) is 4.99. The molecule has 0 fully saturated rings. The minimum atomic E-state index is -5.46. The van der Waals surface area contributed by atoms with Gasteiger partial charge in [0, 0.05) is 18.8 Å². The van der Waals surface area contributed by atoms with Gasteiger partial charge in [-0.15, -0.1) is 4.90 Å². The van der Waals surface area contributed by atoms with Crippen LogP contribution in [0, 0.1) is 0 Å². The summed E-state index contributed by atoms with van der Waals surface area (Å²) < 4.78 is 78.2. The summed E-state index contributed by atoms with van der Waals surface area (Å²) in [7, 11) is 0. The average molecular weight is 308 g/mol. The predicted octanol–water partition coefficient (Wildman–Crippen LogP) is 3.91. The van der Waals surface area contributed by atoms with Crippen molar-refractivity contribution in [1.82, 2.24) is 9.47 Å². The Bertz CT molecular complexity index is 655. The van der Waals surface area contributed by atoms with Gasteiger partial charge in [0.1, 0.15) is 0 Å². The summed E-state index contributed by atoms with van der Waals surface area (Å²) in [4.78, 5) is -1.30. The van der Waals surface area contributed by atoms with E-state index in [-0.39, 0.29) is 13.0 Å². The van der Waals surface area contributed by atoms with Gasteiger partial charge >= 0.3 is 12.6 Å². The van der Waals surface area contributed by atoms with Crippen LogP contribution in [0.15, 0.2) is 30.5 Å². The SMILES string of the molecule is FC(F)(F)N(C1Cc2cccc3ccn(c23)C1)C(F)(F)F. The monoisotopic (exact) mass is 308 g/mol. The molecule has 1 aliphatic rings. The van der Waals surface area contributed by atoms with Gasteiger partial charge in [-0.25, -0.2) is 0 Å². The molecule has 1 unspecified atom stereocenters. The number of alkyl halides is 6. The van der Waals surface area contributed by atoms with Crippen molar-refractivity contribution in [2.75, 3.05) is 0 Å². The lowest BCUT2D eigenvalue weighted by molar-refractivity contribution is -0.385. The van der Waals surface area contributed by atoms with E-state index in [0.29, 0.717) is 11.1 Å². The summed E-state index contributed by atoms with van der Waals surface area (Å²) >= 11 is 0. The van der Waals surface area contributed by atoms with E-state index in [1.54, 1.807) is 24.3 Å². The highest BCUT2D eigenvalue weighted by Gasteiger charge is 2.57. The Morgan fingerprint density at radius 2 is 1.67 bits per heavy atom. The largest absolute Gasteiger partial charge is 0.467 e. The Hall–Kier alpha value is -1.70. The Balaban J connectivity index is 2.03. The first-order valence-electron chi connectivity index (χ1n) is 6.17. The second kappa shape index (κ2) is 4.40. The van der Waals surface area contributed by atoms with Crippen LogP contribution < -0.4 is 0 Å². The van der Waals surface area contributed by atoms with Crippen LogP contribution in [0.3, 0.4) is 0 Å². The van der Waals surface area contributed by atoms with Crippen molar-refractivity contribution in [3.63, 3.8) is 0 Å². The van der Waals surface area contributed by atoms with Crippen molar-refractivity contribution in [2.24, 2.45) is 0 Å². The van der Waals surface area contributed by atoms with Crippen LogP contribution in [0.25, 0.3) is 10.9 Å². The summed E-state index contributed by atoms with van der Waals surface area (Å²) in [5.41, 5.74) is 1.20. The molecular weight excluding hydrogens is 298 g/mol. The molecule has 1 aliphatic heterocycles. The van der Waals surface area contributed by atoms with E-state index in [1.807, 2.05) is 0 Å². The molecule has 1 aromatic heterocycles. The molecule has 0 saturated heterocycles. The zero-order valence-corrected chi connectivity index (χ0v) is 10.5. The minimum Gasteiger partial charge on any atom is -0.346 e. The third kappa shape index (κ3) is 2.37. The lowest BCUT2D eigenvalue weighted by atomic mass is 9.99. The molecule has 2 nitrogen and oxygen atoms in total. The summed E-state index contributed by atoms with van der Waals surface area (Å²) in [5, 5.41) is 0.816. The van der Waals surface area contributed by atoms with Crippen LogP contribution in [0.2, 0.25) is 0 Å². The van der Waals surface area contributed by atoms with Gasteiger partial charge in [0.05, 0.1) is 5.52 Å². The molecule has 8 heteroatoms. The van der Waals surface area contributed by atoms with E-state index in [9.17, 15) is 26.3 Å². The molecule has 3 rings (SSSR count). The number of rotatable bonds is 1. The number of halogens is 6. The predicted molar refractivity (Wildman–Crippen MR) is 63.4 cm³/mol. The third-order valence-electron chi connectivity index (χ3n) is 3.65. The fraction of sp³-hybridized carbons (Fsp3) is 0.385. The molecule has 21 heavy (non-hydrogen) atoms. The topological polar surface area (TPSA) is 8.17 Å². The molecule has 0 aliphatic carbocycles. The van der Waals surface area contributed by atoms with Crippen LogP contribution in [-0.2, 0) is 13.0 Å². The lowest BCUT2D eigenvalue weighted by Gasteiger charge is -2.36. The van der Waals surface area contributed by atoms with Gasteiger partial charge in [-0.2, -0.15) is 26.3 Å². The van der Waals surface area contributed by atoms with E-state index in [2.05, 4.69) is 0 Å². The highest BCUT2D eigenvalue weighted by atomic mass is 19.4. The molecule has 114 valence electrons. The third-order valence-corrected chi connectivity index (χ3v) is 3.65. The highest BCUT2D eigenvalue weighted by molar-refractivity contribution is 5.84. The van der Waals surface area contributed by atoms with Gasteiger partial charge in [0.25, 0.3) is 0 Å². The molecular formula is C13H10F6N2.